The Bertz CT molecular complexity index is 663. The van der Waals surface area contributed by atoms with Crippen molar-refractivity contribution in [3.8, 4) is 0 Å². The Hall–Kier alpha value is -1.28. The maximum Gasteiger partial charge on any atom is 0.136 e. The van der Waals surface area contributed by atoms with Gasteiger partial charge in [-0.3, -0.25) is 0 Å². The summed E-state index contributed by atoms with van der Waals surface area (Å²) in [4.78, 5) is 0. The lowest BCUT2D eigenvalue weighted by Crippen LogP contribution is -2.13. The first-order valence-electron chi connectivity index (χ1n) is 11.8. The highest BCUT2D eigenvalue weighted by Crippen LogP contribution is 2.28. The van der Waals surface area contributed by atoms with E-state index in [-0.39, 0.29) is 0 Å². The fourth-order valence-corrected chi connectivity index (χ4v) is 3.88. The van der Waals surface area contributed by atoms with Crippen molar-refractivity contribution in [2.75, 3.05) is 0 Å². The zero-order chi connectivity index (χ0) is 20.2. The third kappa shape index (κ3) is 8.39. The van der Waals surface area contributed by atoms with Crippen molar-refractivity contribution in [3.63, 3.8) is 0 Å². The van der Waals surface area contributed by atoms with Crippen molar-refractivity contribution in [1.82, 2.24) is 0 Å². The highest BCUT2D eigenvalue weighted by Gasteiger charge is 2.20. The molecule has 28 heavy (non-hydrogen) atoms. The van der Waals surface area contributed by atoms with Gasteiger partial charge in [-0.15, -0.1) is 0 Å². The molecule has 0 aliphatic heterocycles. The number of benzene rings is 1. The molecule has 2 nitrogen and oxygen atoms in total. The number of rotatable bonds is 15. The van der Waals surface area contributed by atoms with E-state index in [0.29, 0.717) is 5.76 Å². The standard InChI is InChI=1S/C26H42O2/c1-4-5-6-7-8-9-10-11-12-13-14-15-16-17-22-18-19-23-21-25(26(2,3)27)28-24(23)20-22/h18-21,27H,4-17H2,1-3H3. The number of aryl methyl sites for hydroxylation is 1. The van der Waals surface area contributed by atoms with Gasteiger partial charge in [-0.05, 0) is 44.4 Å². The van der Waals surface area contributed by atoms with Crippen LogP contribution in [0.15, 0.2) is 28.7 Å². The van der Waals surface area contributed by atoms with E-state index in [9.17, 15) is 5.11 Å². The molecule has 0 aliphatic rings. The molecule has 0 fully saturated rings. The van der Waals surface area contributed by atoms with E-state index >= 15 is 0 Å². The molecular weight excluding hydrogens is 344 g/mol. The zero-order valence-corrected chi connectivity index (χ0v) is 18.6. The number of hydrogen-bond acceptors (Lipinski definition) is 2. The van der Waals surface area contributed by atoms with Crippen molar-refractivity contribution in [3.05, 3.63) is 35.6 Å². The summed E-state index contributed by atoms with van der Waals surface area (Å²) >= 11 is 0. The highest BCUT2D eigenvalue weighted by molar-refractivity contribution is 5.78. The Morgan fingerprint density at radius 2 is 1.29 bits per heavy atom. The smallest absolute Gasteiger partial charge is 0.136 e. The van der Waals surface area contributed by atoms with Crippen LogP contribution in [0, 0.1) is 0 Å². The van der Waals surface area contributed by atoms with Crippen LogP contribution in [0.1, 0.15) is 116 Å². The molecule has 1 aromatic carbocycles. The van der Waals surface area contributed by atoms with Gasteiger partial charge in [-0.2, -0.15) is 0 Å². The van der Waals surface area contributed by atoms with Crippen molar-refractivity contribution < 1.29 is 9.52 Å². The van der Waals surface area contributed by atoms with Gasteiger partial charge in [0.2, 0.25) is 0 Å². The number of fused-ring (bicyclic) bond motifs is 1. The topological polar surface area (TPSA) is 33.4 Å². The van der Waals surface area contributed by atoms with Crippen LogP contribution in [0.25, 0.3) is 11.0 Å². The van der Waals surface area contributed by atoms with Gasteiger partial charge in [0.25, 0.3) is 0 Å². The average Bonchev–Trinajstić information content (AvgIpc) is 3.09. The van der Waals surface area contributed by atoms with Crippen molar-refractivity contribution in [2.24, 2.45) is 0 Å². The SMILES string of the molecule is CCCCCCCCCCCCCCCc1ccc2cc(C(C)(C)O)oc2c1. The summed E-state index contributed by atoms with van der Waals surface area (Å²) in [6.07, 6.45) is 19.2. The van der Waals surface area contributed by atoms with Crippen LogP contribution in [-0.2, 0) is 12.0 Å². The first kappa shape index (κ1) is 23.0. The molecule has 0 atom stereocenters. The fraction of sp³-hybridized carbons (Fsp3) is 0.692. The number of furan rings is 1. The molecule has 2 aromatic rings. The van der Waals surface area contributed by atoms with E-state index in [2.05, 4.69) is 25.1 Å². The van der Waals surface area contributed by atoms with Crippen LogP contribution in [0.2, 0.25) is 0 Å². The van der Waals surface area contributed by atoms with Gasteiger partial charge in [0.05, 0.1) is 0 Å². The summed E-state index contributed by atoms with van der Waals surface area (Å²) in [5.74, 6) is 0.639. The minimum atomic E-state index is -0.922. The molecule has 0 aliphatic carbocycles. The fourth-order valence-electron chi connectivity index (χ4n) is 3.88. The molecule has 0 saturated carbocycles. The van der Waals surface area contributed by atoms with Crippen molar-refractivity contribution in [1.29, 1.82) is 0 Å². The monoisotopic (exact) mass is 386 g/mol. The Labute approximate surface area is 172 Å². The molecule has 0 saturated heterocycles. The van der Waals surface area contributed by atoms with Crippen LogP contribution in [-0.4, -0.2) is 5.11 Å². The number of hydrogen-bond donors (Lipinski definition) is 1. The molecule has 0 spiro atoms. The average molecular weight is 387 g/mol. The molecule has 1 aromatic heterocycles. The second-order valence-electron chi connectivity index (χ2n) is 9.03. The predicted molar refractivity (Wildman–Crippen MR) is 121 cm³/mol. The van der Waals surface area contributed by atoms with Gasteiger partial charge in [0.15, 0.2) is 0 Å². The summed E-state index contributed by atoms with van der Waals surface area (Å²) in [6.45, 7) is 5.81. The normalized spacial score (nSPS) is 12.1. The lowest BCUT2D eigenvalue weighted by Gasteiger charge is -2.12. The summed E-state index contributed by atoms with van der Waals surface area (Å²) in [5, 5.41) is 11.2. The summed E-state index contributed by atoms with van der Waals surface area (Å²) in [6, 6.07) is 8.41. The third-order valence-electron chi connectivity index (χ3n) is 5.76. The Balaban J connectivity index is 1.53. The second kappa shape index (κ2) is 12.3. The zero-order valence-electron chi connectivity index (χ0n) is 18.6. The second-order valence-corrected chi connectivity index (χ2v) is 9.03. The van der Waals surface area contributed by atoms with Crippen molar-refractivity contribution in [2.45, 2.75) is 116 Å². The molecular formula is C26H42O2. The van der Waals surface area contributed by atoms with Crippen LogP contribution < -0.4 is 0 Å². The first-order valence-corrected chi connectivity index (χ1v) is 11.8. The van der Waals surface area contributed by atoms with E-state index in [4.69, 9.17) is 4.42 Å². The minimum absolute atomic E-state index is 0.639. The van der Waals surface area contributed by atoms with E-state index in [1.807, 2.05) is 6.07 Å². The van der Waals surface area contributed by atoms with Gasteiger partial charge in [0, 0.05) is 5.39 Å². The maximum absolute atomic E-state index is 10.1. The summed E-state index contributed by atoms with van der Waals surface area (Å²) in [7, 11) is 0. The molecule has 0 bridgehead atoms. The number of aliphatic hydroxyl groups is 1. The Morgan fingerprint density at radius 3 is 1.82 bits per heavy atom. The molecule has 0 radical (unpaired) electrons. The highest BCUT2D eigenvalue weighted by atomic mass is 16.4. The lowest BCUT2D eigenvalue weighted by molar-refractivity contribution is 0.0559. The lowest BCUT2D eigenvalue weighted by atomic mass is 10.0. The number of unbranched alkanes of at least 4 members (excludes halogenated alkanes) is 12. The molecule has 0 unspecified atom stereocenters. The van der Waals surface area contributed by atoms with Gasteiger partial charge in [-0.25, -0.2) is 0 Å². The summed E-state index contributed by atoms with van der Waals surface area (Å²) in [5.41, 5.74) is 1.31. The van der Waals surface area contributed by atoms with Gasteiger partial charge >= 0.3 is 0 Å². The van der Waals surface area contributed by atoms with E-state index in [0.717, 1.165) is 17.4 Å². The molecule has 158 valence electrons. The largest absolute Gasteiger partial charge is 0.458 e. The molecule has 1 heterocycles. The maximum atomic E-state index is 10.1. The minimum Gasteiger partial charge on any atom is -0.458 e. The van der Waals surface area contributed by atoms with Gasteiger partial charge in [-0.1, -0.05) is 96.1 Å². The van der Waals surface area contributed by atoms with Crippen LogP contribution in [0.4, 0.5) is 0 Å². The Kier molecular flexibility index (Phi) is 10.1. The quantitative estimate of drug-likeness (QED) is 0.312. The predicted octanol–water partition coefficient (Wildman–Crippen LogP) is 8.29. The van der Waals surface area contributed by atoms with Gasteiger partial charge < -0.3 is 9.52 Å². The third-order valence-corrected chi connectivity index (χ3v) is 5.76. The molecule has 1 N–H and O–H groups in total. The van der Waals surface area contributed by atoms with E-state index < -0.39 is 5.60 Å². The Morgan fingerprint density at radius 1 is 0.750 bits per heavy atom. The van der Waals surface area contributed by atoms with Crippen LogP contribution >= 0.6 is 0 Å². The van der Waals surface area contributed by atoms with Gasteiger partial charge in [0.1, 0.15) is 16.9 Å². The van der Waals surface area contributed by atoms with E-state index in [1.165, 1.54) is 89.0 Å². The van der Waals surface area contributed by atoms with Crippen molar-refractivity contribution >= 4 is 11.0 Å². The molecule has 2 rings (SSSR count). The van der Waals surface area contributed by atoms with Crippen LogP contribution in [0.5, 0.6) is 0 Å². The van der Waals surface area contributed by atoms with E-state index in [1.54, 1.807) is 13.8 Å². The first-order chi connectivity index (χ1) is 13.5. The summed E-state index contributed by atoms with van der Waals surface area (Å²) < 4.78 is 5.84. The molecule has 0 amide bonds. The van der Waals surface area contributed by atoms with Crippen LogP contribution in [0.3, 0.4) is 0 Å². The molecule has 2 heteroatoms.